The lowest BCUT2D eigenvalue weighted by molar-refractivity contribution is -0.127. The van der Waals surface area contributed by atoms with E-state index in [0.29, 0.717) is 25.6 Å². The number of rotatable bonds is 11. The van der Waals surface area contributed by atoms with E-state index >= 15 is 0 Å². The minimum atomic E-state index is -0.375. The second kappa shape index (κ2) is 14.0. The molecular formula is C33H45N5O3. The predicted octanol–water partition coefficient (Wildman–Crippen LogP) is 4.77. The number of likely N-dealkylation sites (tertiary alicyclic amines) is 2. The molecule has 2 aromatic carbocycles. The molecule has 0 bridgehead atoms. The zero-order valence-electron chi connectivity index (χ0n) is 24.5. The second-order valence-corrected chi connectivity index (χ2v) is 11.5. The molecule has 5 rings (SSSR count). The molecule has 2 saturated heterocycles. The third-order valence-corrected chi connectivity index (χ3v) is 8.71. The van der Waals surface area contributed by atoms with E-state index < -0.39 is 0 Å². The van der Waals surface area contributed by atoms with E-state index in [1.54, 1.807) is 7.11 Å². The topological polar surface area (TPSA) is 89.7 Å². The van der Waals surface area contributed by atoms with E-state index in [1.165, 1.54) is 25.7 Å². The number of carbonyl (C=O) groups is 2. The van der Waals surface area contributed by atoms with Crippen molar-refractivity contribution in [2.24, 2.45) is 0 Å². The number of aromatic nitrogens is 1. The normalized spacial score (nSPS) is 19.9. The summed E-state index contributed by atoms with van der Waals surface area (Å²) in [6.07, 6.45) is 10.5. The minimum absolute atomic E-state index is 0.00882. The minimum Gasteiger partial charge on any atom is -0.496 e. The number of hydrogen-bond acceptors (Lipinski definition) is 5. The van der Waals surface area contributed by atoms with E-state index in [2.05, 4.69) is 31.5 Å². The highest BCUT2D eigenvalue weighted by Crippen LogP contribution is 2.28. The Balaban J connectivity index is 1.27. The number of para-hydroxylation sites is 2. The van der Waals surface area contributed by atoms with E-state index in [-0.39, 0.29) is 23.9 Å². The lowest BCUT2D eigenvalue weighted by Crippen LogP contribution is -2.56. The van der Waals surface area contributed by atoms with Crippen molar-refractivity contribution in [2.45, 2.75) is 76.5 Å². The van der Waals surface area contributed by atoms with Gasteiger partial charge in [-0.1, -0.05) is 42.8 Å². The number of aryl methyl sites for hydroxylation is 1. The highest BCUT2D eigenvalue weighted by Gasteiger charge is 2.31. The van der Waals surface area contributed by atoms with Crippen molar-refractivity contribution in [1.29, 1.82) is 0 Å². The number of hydrogen-bond donors (Lipinski definition) is 3. The molecule has 8 nitrogen and oxygen atoms in total. The summed E-state index contributed by atoms with van der Waals surface area (Å²) < 4.78 is 5.47. The van der Waals surface area contributed by atoms with E-state index in [0.717, 1.165) is 60.3 Å². The molecule has 0 aliphatic carbocycles. The summed E-state index contributed by atoms with van der Waals surface area (Å²) in [6.45, 7) is 5.58. The molecule has 2 fully saturated rings. The second-order valence-electron chi connectivity index (χ2n) is 11.5. The lowest BCUT2D eigenvalue weighted by atomic mass is 9.98. The number of nitrogens with zero attached hydrogens (tertiary/aromatic N) is 2. The SMILES string of the molecule is COc1ccccc1CCC(=O)NC(c1c[nH]c2ccccc12)C(C)NC(=O)CN1CCCCC1N1CCCCC1. The van der Waals surface area contributed by atoms with Crippen molar-refractivity contribution in [1.82, 2.24) is 25.4 Å². The first-order chi connectivity index (χ1) is 20.0. The quantitative estimate of drug-likeness (QED) is 0.315. The number of ether oxygens (including phenoxy) is 1. The predicted molar refractivity (Wildman–Crippen MR) is 163 cm³/mol. The number of piperidine rings is 2. The van der Waals surface area contributed by atoms with Gasteiger partial charge in [-0.3, -0.25) is 19.4 Å². The van der Waals surface area contributed by atoms with Gasteiger partial charge < -0.3 is 20.4 Å². The summed E-state index contributed by atoms with van der Waals surface area (Å²) in [5, 5.41) is 7.55. The van der Waals surface area contributed by atoms with Crippen LogP contribution in [0.4, 0.5) is 0 Å². The molecule has 3 aromatic rings. The molecule has 0 spiro atoms. The first-order valence-electron chi connectivity index (χ1n) is 15.3. The van der Waals surface area contributed by atoms with Gasteiger partial charge in [-0.15, -0.1) is 0 Å². The van der Waals surface area contributed by atoms with Gasteiger partial charge in [0.15, 0.2) is 0 Å². The van der Waals surface area contributed by atoms with Gasteiger partial charge in [0, 0.05) is 35.6 Å². The van der Waals surface area contributed by atoms with Crippen LogP contribution in [0.15, 0.2) is 54.7 Å². The number of amides is 2. The van der Waals surface area contributed by atoms with Crippen molar-refractivity contribution in [3.8, 4) is 5.75 Å². The number of carbonyl (C=O) groups excluding carboxylic acids is 2. The zero-order chi connectivity index (χ0) is 28.6. The molecule has 2 aliphatic heterocycles. The van der Waals surface area contributed by atoms with E-state index in [4.69, 9.17) is 4.74 Å². The molecule has 0 saturated carbocycles. The molecule has 3 atom stereocenters. The van der Waals surface area contributed by atoms with Crippen LogP contribution in [0.1, 0.15) is 69.0 Å². The maximum absolute atomic E-state index is 13.4. The molecule has 3 N–H and O–H groups in total. The largest absolute Gasteiger partial charge is 0.496 e. The monoisotopic (exact) mass is 559 g/mol. The average molecular weight is 560 g/mol. The molecule has 8 heteroatoms. The molecule has 3 unspecified atom stereocenters. The Kier molecular flexibility index (Phi) is 9.96. The van der Waals surface area contributed by atoms with Crippen LogP contribution in [0.25, 0.3) is 10.9 Å². The molecular weight excluding hydrogens is 514 g/mol. The molecule has 3 heterocycles. The van der Waals surface area contributed by atoms with Crippen LogP contribution in [-0.2, 0) is 16.0 Å². The Morgan fingerprint density at radius 1 is 0.951 bits per heavy atom. The smallest absolute Gasteiger partial charge is 0.234 e. The lowest BCUT2D eigenvalue weighted by Gasteiger charge is -2.44. The van der Waals surface area contributed by atoms with Crippen molar-refractivity contribution < 1.29 is 14.3 Å². The number of aromatic amines is 1. The summed E-state index contributed by atoms with van der Waals surface area (Å²) in [4.78, 5) is 35.0. The maximum Gasteiger partial charge on any atom is 0.234 e. The molecule has 0 radical (unpaired) electrons. The van der Waals surface area contributed by atoms with E-state index in [9.17, 15) is 9.59 Å². The summed E-state index contributed by atoms with van der Waals surface area (Å²) in [5.74, 6) is 0.734. The third kappa shape index (κ3) is 7.29. The number of methoxy groups -OCH3 is 1. The summed E-state index contributed by atoms with van der Waals surface area (Å²) in [7, 11) is 1.65. The van der Waals surface area contributed by atoms with Crippen molar-refractivity contribution in [2.75, 3.05) is 33.3 Å². The zero-order valence-corrected chi connectivity index (χ0v) is 24.5. The molecule has 220 valence electrons. The Labute approximate surface area is 243 Å². The Morgan fingerprint density at radius 2 is 1.71 bits per heavy atom. The van der Waals surface area contributed by atoms with Crippen LogP contribution in [0.5, 0.6) is 5.75 Å². The van der Waals surface area contributed by atoms with Crippen LogP contribution in [-0.4, -0.2) is 72.1 Å². The van der Waals surface area contributed by atoms with Crippen molar-refractivity contribution in [3.05, 3.63) is 65.9 Å². The van der Waals surface area contributed by atoms with Gasteiger partial charge in [-0.2, -0.15) is 0 Å². The van der Waals surface area contributed by atoms with Crippen LogP contribution in [0.3, 0.4) is 0 Å². The number of benzene rings is 2. The highest BCUT2D eigenvalue weighted by molar-refractivity contribution is 5.85. The van der Waals surface area contributed by atoms with Crippen molar-refractivity contribution in [3.63, 3.8) is 0 Å². The van der Waals surface area contributed by atoms with Gasteiger partial charge in [-0.05, 0) is 76.2 Å². The first-order valence-corrected chi connectivity index (χ1v) is 15.3. The summed E-state index contributed by atoms with van der Waals surface area (Å²) in [5.41, 5.74) is 2.98. The van der Waals surface area contributed by atoms with Gasteiger partial charge in [0.2, 0.25) is 11.8 Å². The van der Waals surface area contributed by atoms with Gasteiger partial charge >= 0.3 is 0 Å². The number of H-pyrrole nitrogens is 1. The van der Waals surface area contributed by atoms with Gasteiger partial charge in [0.05, 0.1) is 31.9 Å². The van der Waals surface area contributed by atoms with Gasteiger partial charge in [0.25, 0.3) is 0 Å². The number of fused-ring (bicyclic) bond motifs is 1. The van der Waals surface area contributed by atoms with Crippen LogP contribution >= 0.6 is 0 Å². The van der Waals surface area contributed by atoms with Gasteiger partial charge in [-0.25, -0.2) is 0 Å². The maximum atomic E-state index is 13.4. The highest BCUT2D eigenvalue weighted by atomic mass is 16.5. The Morgan fingerprint density at radius 3 is 2.54 bits per heavy atom. The fraction of sp³-hybridized carbons (Fsp3) is 0.515. The third-order valence-electron chi connectivity index (χ3n) is 8.71. The van der Waals surface area contributed by atoms with Crippen LogP contribution in [0, 0.1) is 0 Å². The Hall–Kier alpha value is -3.36. The molecule has 41 heavy (non-hydrogen) atoms. The van der Waals surface area contributed by atoms with Crippen LogP contribution in [0.2, 0.25) is 0 Å². The molecule has 2 amide bonds. The van der Waals surface area contributed by atoms with Gasteiger partial charge in [0.1, 0.15) is 5.75 Å². The number of nitrogens with one attached hydrogen (secondary N) is 3. The van der Waals surface area contributed by atoms with E-state index in [1.807, 2.05) is 55.6 Å². The Bertz CT molecular complexity index is 1300. The average Bonchev–Trinajstić information content (AvgIpc) is 3.43. The van der Waals surface area contributed by atoms with Crippen LogP contribution < -0.4 is 15.4 Å². The molecule has 1 aromatic heterocycles. The fourth-order valence-electron chi connectivity index (χ4n) is 6.58. The van der Waals surface area contributed by atoms with Crippen molar-refractivity contribution >= 4 is 22.7 Å². The first kappa shape index (κ1) is 29.1. The summed E-state index contributed by atoms with van der Waals surface area (Å²) >= 11 is 0. The fourth-order valence-corrected chi connectivity index (χ4v) is 6.58. The molecule has 2 aliphatic rings. The summed E-state index contributed by atoms with van der Waals surface area (Å²) in [6, 6.07) is 15.2. The standard InChI is InChI=1S/C33H45N5O3/c1-24(35-31(40)23-38-21-11-8-16-32(38)37-19-9-3-10-20-37)33(27-22-34-28-14-6-5-13-26(27)28)36-30(39)18-17-25-12-4-7-15-29(25)41-2/h4-7,12-15,22,24,32-34H,3,8-11,16-21,23H2,1-2H3,(H,35,40)(H,36,39).